The van der Waals surface area contributed by atoms with Crippen LogP contribution in [0.3, 0.4) is 0 Å². The van der Waals surface area contributed by atoms with E-state index < -0.39 is 26.6 Å². The predicted octanol–water partition coefficient (Wildman–Crippen LogP) is 2.11. The van der Waals surface area contributed by atoms with Gasteiger partial charge in [0.1, 0.15) is 4.90 Å². The summed E-state index contributed by atoms with van der Waals surface area (Å²) < 4.78 is 58.1. The lowest BCUT2D eigenvalue weighted by Gasteiger charge is -2.17. The molecule has 0 N–H and O–H groups in total. The van der Waals surface area contributed by atoms with Gasteiger partial charge in [-0.3, -0.25) is 0 Å². The van der Waals surface area contributed by atoms with Gasteiger partial charge in [-0.1, -0.05) is 0 Å². The molecule has 1 heterocycles. The van der Waals surface area contributed by atoms with Gasteiger partial charge in [0.05, 0.1) is 6.10 Å². The minimum Gasteiger partial charge on any atom is -0.380 e. The van der Waals surface area contributed by atoms with Crippen LogP contribution in [0.2, 0.25) is 0 Å². The van der Waals surface area contributed by atoms with E-state index in [0.29, 0.717) is 6.42 Å². The zero-order chi connectivity index (χ0) is 14.9. The molecule has 1 fully saturated rings. The van der Waals surface area contributed by atoms with Gasteiger partial charge in [0.25, 0.3) is 0 Å². The van der Waals surface area contributed by atoms with E-state index in [2.05, 4.69) is 0 Å². The Balaban J connectivity index is 2.42. The highest BCUT2D eigenvalue weighted by Crippen LogP contribution is 2.27. The van der Waals surface area contributed by atoms with Gasteiger partial charge < -0.3 is 4.74 Å². The normalized spacial score (nSPS) is 20.5. The molecular weight excluding hydrogens is 312 g/mol. The second-order valence-corrected chi connectivity index (χ2v) is 6.71. The summed E-state index contributed by atoms with van der Waals surface area (Å²) in [6, 6.07) is 1.96. The summed E-state index contributed by atoms with van der Waals surface area (Å²) in [5.74, 6) is -2.69. The first kappa shape index (κ1) is 15.6. The van der Waals surface area contributed by atoms with Gasteiger partial charge in [0.15, 0.2) is 11.6 Å². The molecule has 1 aromatic rings. The van der Waals surface area contributed by atoms with Crippen LogP contribution in [0, 0.1) is 11.6 Å². The van der Waals surface area contributed by atoms with Crippen molar-refractivity contribution in [1.82, 2.24) is 4.31 Å². The highest BCUT2D eigenvalue weighted by molar-refractivity contribution is 7.89. The molecule has 4 nitrogen and oxygen atoms in total. The zero-order valence-electron chi connectivity index (χ0n) is 10.8. The minimum atomic E-state index is -4.09. The van der Waals surface area contributed by atoms with Crippen LogP contribution in [0.4, 0.5) is 8.78 Å². The van der Waals surface area contributed by atoms with Crippen LogP contribution in [0.25, 0.3) is 0 Å². The lowest BCUT2D eigenvalue weighted by atomic mass is 10.2. The van der Waals surface area contributed by atoms with Gasteiger partial charge >= 0.3 is 0 Å². The Kier molecular flexibility index (Phi) is 4.63. The van der Waals surface area contributed by atoms with Crippen molar-refractivity contribution in [1.29, 1.82) is 0 Å². The quantitative estimate of drug-likeness (QED) is 0.797. The van der Waals surface area contributed by atoms with Gasteiger partial charge in [-0.05, 0) is 24.1 Å². The third-order valence-corrected chi connectivity index (χ3v) is 5.44. The SMILES string of the molecule is COC1CCN(S(=O)(=O)c2cc(CCl)cc(F)c2F)C1. The lowest BCUT2D eigenvalue weighted by molar-refractivity contribution is 0.115. The number of halogens is 3. The fourth-order valence-corrected chi connectivity index (χ4v) is 3.89. The van der Waals surface area contributed by atoms with Crippen LogP contribution in [-0.4, -0.2) is 39.0 Å². The van der Waals surface area contributed by atoms with E-state index in [1.807, 2.05) is 0 Å². The van der Waals surface area contributed by atoms with E-state index in [-0.39, 0.29) is 30.6 Å². The number of benzene rings is 1. The molecule has 0 amide bonds. The van der Waals surface area contributed by atoms with E-state index in [1.165, 1.54) is 7.11 Å². The summed E-state index contributed by atoms with van der Waals surface area (Å²) in [7, 11) is -2.61. The molecule has 0 saturated carbocycles. The summed E-state index contributed by atoms with van der Waals surface area (Å²) in [4.78, 5) is -0.676. The molecule has 1 aliphatic rings. The smallest absolute Gasteiger partial charge is 0.246 e. The summed E-state index contributed by atoms with van der Waals surface area (Å²) in [5.41, 5.74) is 0.214. The molecule has 0 bridgehead atoms. The molecule has 8 heteroatoms. The van der Waals surface area contributed by atoms with Crippen LogP contribution >= 0.6 is 11.6 Å². The molecule has 1 atom stereocenters. The highest BCUT2D eigenvalue weighted by atomic mass is 35.5. The van der Waals surface area contributed by atoms with Crippen molar-refractivity contribution in [3.05, 3.63) is 29.3 Å². The summed E-state index contributed by atoms with van der Waals surface area (Å²) in [6.07, 6.45) is 0.295. The molecule has 1 saturated heterocycles. The van der Waals surface area contributed by atoms with Gasteiger partial charge in [-0.2, -0.15) is 4.31 Å². The second kappa shape index (κ2) is 5.93. The molecule has 2 rings (SSSR count). The minimum absolute atomic E-state index is 0.0968. The van der Waals surface area contributed by atoms with Crippen LogP contribution < -0.4 is 0 Å². The molecule has 0 aromatic heterocycles. The van der Waals surface area contributed by atoms with Crippen LogP contribution in [-0.2, 0) is 20.6 Å². The summed E-state index contributed by atoms with van der Waals surface area (Å²) in [6.45, 7) is 0.345. The number of ether oxygens (including phenoxy) is 1. The fourth-order valence-electron chi connectivity index (χ4n) is 2.13. The molecule has 112 valence electrons. The van der Waals surface area contributed by atoms with Gasteiger partial charge in [-0.15, -0.1) is 11.6 Å². The average molecular weight is 326 g/mol. The fraction of sp³-hybridized carbons (Fsp3) is 0.500. The maximum atomic E-state index is 13.8. The molecule has 20 heavy (non-hydrogen) atoms. The Bertz CT molecular complexity index is 609. The number of methoxy groups -OCH3 is 1. The largest absolute Gasteiger partial charge is 0.380 e. The molecule has 1 aliphatic heterocycles. The lowest BCUT2D eigenvalue weighted by Crippen LogP contribution is -2.31. The standard InChI is InChI=1S/C12H14ClF2NO3S/c1-19-9-2-3-16(7-9)20(17,18)11-5-8(6-13)4-10(14)12(11)15/h4-5,9H,2-3,6-7H2,1H3. The van der Waals surface area contributed by atoms with Crippen molar-refractivity contribution < 1.29 is 21.9 Å². The van der Waals surface area contributed by atoms with Gasteiger partial charge in [-0.25, -0.2) is 17.2 Å². The maximum absolute atomic E-state index is 13.8. The molecule has 0 radical (unpaired) electrons. The first-order chi connectivity index (χ1) is 9.40. The number of hydrogen-bond acceptors (Lipinski definition) is 3. The Morgan fingerprint density at radius 1 is 1.45 bits per heavy atom. The number of nitrogens with zero attached hydrogens (tertiary/aromatic N) is 1. The Hall–Kier alpha value is -0.760. The van der Waals surface area contributed by atoms with E-state index in [0.717, 1.165) is 16.4 Å². The highest BCUT2D eigenvalue weighted by Gasteiger charge is 2.35. The van der Waals surface area contributed by atoms with Gasteiger partial charge in [0, 0.05) is 26.1 Å². The van der Waals surface area contributed by atoms with Crippen LogP contribution in [0.1, 0.15) is 12.0 Å². The zero-order valence-corrected chi connectivity index (χ0v) is 12.3. The van der Waals surface area contributed by atoms with Crippen molar-refractivity contribution >= 4 is 21.6 Å². The Morgan fingerprint density at radius 2 is 2.15 bits per heavy atom. The van der Waals surface area contributed by atoms with Crippen LogP contribution in [0.5, 0.6) is 0 Å². The van der Waals surface area contributed by atoms with Crippen molar-refractivity contribution in [3.8, 4) is 0 Å². The van der Waals surface area contributed by atoms with Crippen molar-refractivity contribution in [2.75, 3.05) is 20.2 Å². The molecule has 1 unspecified atom stereocenters. The second-order valence-electron chi connectivity index (χ2n) is 4.53. The first-order valence-corrected chi connectivity index (χ1v) is 7.94. The average Bonchev–Trinajstić information content (AvgIpc) is 2.91. The van der Waals surface area contributed by atoms with E-state index in [9.17, 15) is 17.2 Å². The first-order valence-electron chi connectivity index (χ1n) is 5.97. The third kappa shape index (κ3) is 2.81. The number of alkyl halides is 1. The predicted molar refractivity (Wildman–Crippen MR) is 70.1 cm³/mol. The van der Waals surface area contributed by atoms with Crippen molar-refractivity contribution in [2.24, 2.45) is 0 Å². The topological polar surface area (TPSA) is 46.6 Å². The van der Waals surface area contributed by atoms with Gasteiger partial charge in [0.2, 0.25) is 10.0 Å². The Labute approximate surface area is 121 Å². The third-order valence-electron chi connectivity index (χ3n) is 3.27. The van der Waals surface area contributed by atoms with Crippen LogP contribution in [0.15, 0.2) is 17.0 Å². The summed E-state index contributed by atoms with van der Waals surface area (Å²) >= 11 is 5.56. The summed E-state index contributed by atoms with van der Waals surface area (Å²) in [5, 5.41) is 0. The molecule has 0 aliphatic carbocycles. The molecule has 0 spiro atoms. The maximum Gasteiger partial charge on any atom is 0.246 e. The van der Waals surface area contributed by atoms with Crippen molar-refractivity contribution in [2.45, 2.75) is 23.3 Å². The van der Waals surface area contributed by atoms with E-state index in [1.54, 1.807) is 0 Å². The Morgan fingerprint density at radius 3 is 2.70 bits per heavy atom. The monoisotopic (exact) mass is 325 g/mol. The molecular formula is C12H14ClF2NO3S. The number of sulfonamides is 1. The van der Waals surface area contributed by atoms with E-state index >= 15 is 0 Å². The molecule has 1 aromatic carbocycles. The number of hydrogen-bond donors (Lipinski definition) is 0. The van der Waals surface area contributed by atoms with Crippen molar-refractivity contribution in [3.63, 3.8) is 0 Å². The number of rotatable bonds is 4. The van der Waals surface area contributed by atoms with E-state index in [4.69, 9.17) is 16.3 Å².